The van der Waals surface area contributed by atoms with E-state index in [2.05, 4.69) is 5.16 Å². The molecule has 0 spiro atoms. The molecule has 1 amide bonds. The summed E-state index contributed by atoms with van der Waals surface area (Å²) in [4.78, 5) is 15.1. The standard InChI is InChI=1S/C20H26N2O4/c1-12-17(18(21-26-12)20(2,3)4)19(23)22-8-7-13-9-15(24-5)16(25-6)10-14(13)11-22/h9-10H,7-8,11H2,1-6H3. The predicted octanol–water partition coefficient (Wildman–Crippen LogP) is 3.50. The van der Waals surface area contributed by atoms with Crippen LogP contribution in [0.5, 0.6) is 11.5 Å². The van der Waals surface area contributed by atoms with Gasteiger partial charge in [0.05, 0.1) is 14.2 Å². The number of aromatic nitrogens is 1. The van der Waals surface area contributed by atoms with Crippen LogP contribution in [-0.2, 0) is 18.4 Å². The average Bonchev–Trinajstić information content (AvgIpc) is 3.01. The number of carbonyl (C=O) groups is 1. The van der Waals surface area contributed by atoms with Crippen LogP contribution in [0.3, 0.4) is 0 Å². The molecule has 0 saturated carbocycles. The minimum absolute atomic E-state index is 0.0332. The first-order valence-electron chi connectivity index (χ1n) is 8.76. The van der Waals surface area contributed by atoms with E-state index in [0.29, 0.717) is 35.9 Å². The Labute approximate surface area is 154 Å². The maximum atomic E-state index is 13.2. The molecule has 2 aromatic rings. The SMILES string of the molecule is COc1cc2c(cc1OC)CN(C(=O)c1c(C(C)(C)C)noc1C)CC2. The van der Waals surface area contributed by atoms with Crippen LogP contribution in [0.25, 0.3) is 0 Å². The van der Waals surface area contributed by atoms with Crippen molar-refractivity contribution in [1.29, 1.82) is 0 Å². The molecule has 1 aromatic heterocycles. The van der Waals surface area contributed by atoms with E-state index in [1.807, 2.05) is 37.8 Å². The Hall–Kier alpha value is -2.50. The molecular formula is C20H26N2O4. The number of hydrogen-bond acceptors (Lipinski definition) is 5. The number of ether oxygens (including phenoxy) is 2. The molecule has 0 saturated heterocycles. The highest BCUT2D eigenvalue weighted by molar-refractivity contribution is 5.96. The molecule has 0 N–H and O–H groups in total. The van der Waals surface area contributed by atoms with Gasteiger partial charge < -0.3 is 18.9 Å². The Morgan fingerprint density at radius 3 is 2.35 bits per heavy atom. The van der Waals surface area contributed by atoms with Crippen LogP contribution >= 0.6 is 0 Å². The van der Waals surface area contributed by atoms with Crippen molar-refractivity contribution in [2.45, 2.75) is 46.1 Å². The zero-order valence-corrected chi connectivity index (χ0v) is 16.3. The summed E-state index contributed by atoms with van der Waals surface area (Å²) in [6.07, 6.45) is 0.774. The topological polar surface area (TPSA) is 64.8 Å². The van der Waals surface area contributed by atoms with Crippen LogP contribution in [0.2, 0.25) is 0 Å². The summed E-state index contributed by atoms with van der Waals surface area (Å²) in [6, 6.07) is 3.96. The second-order valence-electron chi connectivity index (χ2n) is 7.66. The fourth-order valence-corrected chi connectivity index (χ4v) is 3.35. The van der Waals surface area contributed by atoms with Gasteiger partial charge in [0.2, 0.25) is 0 Å². The number of benzene rings is 1. The first-order valence-corrected chi connectivity index (χ1v) is 8.76. The van der Waals surface area contributed by atoms with Gasteiger partial charge >= 0.3 is 0 Å². The van der Waals surface area contributed by atoms with E-state index in [9.17, 15) is 4.79 Å². The van der Waals surface area contributed by atoms with Crippen molar-refractivity contribution in [2.75, 3.05) is 20.8 Å². The third-order valence-corrected chi connectivity index (χ3v) is 4.79. The fourth-order valence-electron chi connectivity index (χ4n) is 3.35. The highest BCUT2D eigenvalue weighted by atomic mass is 16.5. The highest BCUT2D eigenvalue weighted by Gasteiger charge is 2.32. The molecule has 0 atom stereocenters. The molecule has 0 aliphatic carbocycles. The molecule has 2 heterocycles. The second kappa shape index (κ2) is 6.67. The van der Waals surface area contributed by atoms with Crippen molar-refractivity contribution in [3.63, 3.8) is 0 Å². The lowest BCUT2D eigenvalue weighted by molar-refractivity contribution is 0.0730. The lowest BCUT2D eigenvalue weighted by Crippen LogP contribution is -2.37. The number of carbonyl (C=O) groups excluding carboxylic acids is 1. The molecule has 3 rings (SSSR count). The third-order valence-electron chi connectivity index (χ3n) is 4.79. The number of rotatable bonds is 3. The Morgan fingerprint density at radius 2 is 1.77 bits per heavy atom. The summed E-state index contributed by atoms with van der Waals surface area (Å²) in [5.41, 5.74) is 3.30. The van der Waals surface area contributed by atoms with Crippen molar-refractivity contribution in [3.8, 4) is 11.5 Å². The van der Waals surface area contributed by atoms with Gasteiger partial charge in [0.25, 0.3) is 5.91 Å². The van der Waals surface area contributed by atoms with E-state index in [4.69, 9.17) is 14.0 Å². The molecule has 0 bridgehead atoms. The molecule has 6 nitrogen and oxygen atoms in total. The largest absolute Gasteiger partial charge is 0.493 e. The molecule has 0 unspecified atom stereocenters. The van der Waals surface area contributed by atoms with Crippen molar-refractivity contribution in [1.82, 2.24) is 10.1 Å². The van der Waals surface area contributed by atoms with Crippen molar-refractivity contribution in [2.24, 2.45) is 0 Å². The summed E-state index contributed by atoms with van der Waals surface area (Å²) >= 11 is 0. The highest BCUT2D eigenvalue weighted by Crippen LogP contribution is 2.34. The van der Waals surface area contributed by atoms with E-state index in [1.165, 1.54) is 5.56 Å². The normalized spacial score (nSPS) is 14.2. The van der Waals surface area contributed by atoms with Crippen molar-refractivity contribution >= 4 is 5.91 Å². The number of aryl methyl sites for hydroxylation is 1. The van der Waals surface area contributed by atoms with E-state index in [0.717, 1.165) is 17.7 Å². The molecule has 140 valence electrons. The summed E-state index contributed by atoms with van der Waals surface area (Å²) in [7, 11) is 3.25. The van der Waals surface area contributed by atoms with Crippen LogP contribution in [0.1, 0.15) is 53.7 Å². The smallest absolute Gasteiger partial charge is 0.259 e. The van der Waals surface area contributed by atoms with Gasteiger partial charge in [-0.25, -0.2) is 0 Å². The van der Waals surface area contributed by atoms with Gasteiger partial charge in [0.15, 0.2) is 11.5 Å². The molecule has 26 heavy (non-hydrogen) atoms. The quantitative estimate of drug-likeness (QED) is 0.840. The average molecular weight is 358 g/mol. The van der Waals surface area contributed by atoms with E-state index < -0.39 is 0 Å². The van der Waals surface area contributed by atoms with Crippen molar-refractivity contribution < 1.29 is 18.8 Å². The first kappa shape index (κ1) is 18.3. The van der Waals surface area contributed by atoms with Gasteiger partial charge in [0, 0.05) is 18.5 Å². The molecule has 0 radical (unpaired) electrons. The number of nitrogens with zero attached hydrogens (tertiary/aromatic N) is 2. The lowest BCUT2D eigenvalue weighted by atomic mass is 9.88. The lowest BCUT2D eigenvalue weighted by Gasteiger charge is -2.30. The molecule has 1 aliphatic rings. The monoisotopic (exact) mass is 358 g/mol. The summed E-state index contributed by atoms with van der Waals surface area (Å²) in [5.74, 6) is 1.93. The van der Waals surface area contributed by atoms with Crippen LogP contribution in [0, 0.1) is 6.92 Å². The maximum Gasteiger partial charge on any atom is 0.259 e. The van der Waals surface area contributed by atoms with Crippen LogP contribution in [-0.4, -0.2) is 36.7 Å². The number of methoxy groups -OCH3 is 2. The molecule has 1 aliphatic heterocycles. The first-order chi connectivity index (χ1) is 12.3. The minimum atomic E-state index is -0.257. The zero-order chi connectivity index (χ0) is 19.1. The van der Waals surface area contributed by atoms with Gasteiger partial charge in [-0.3, -0.25) is 4.79 Å². The minimum Gasteiger partial charge on any atom is -0.493 e. The maximum absolute atomic E-state index is 13.2. The second-order valence-corrected chi connectivity index (χ2v) is 7.66. The number of amides is 1. The summed E-state index contributed by atoms with van der Waals surface area (Å²) in [5, 5.41) is 4.14. The predicted molar refractivity (Wildman–Crippen MR) is 97.9 cm³/mol. The van der Waals surface area contributed by atoms with E-state index in [1.54, 1.807) is 21.1 Å². The fraction of sp³-hybridized carbons (Fsp3) is 0.500. The molecule has 0 fully saturated rings. The third kappa shape index (κ3) is 3.16. The Balaban J connectivity index is 1.92. The summed E-state index contributed by atoms with van der Waals surface area (Å²) < 4.78 is 16.1. The van der Waals surface area contributed by atoms with E-state index >= 15 is 0 Å². The van der Waals surface area contributed by atoms with Crippen LogP contribution < -0.4 is 9.47 Å². The van der Waals surface area contributed by atoms with Gasteiger partial charge in [0.1, 0.15) is 17.0 Å². The summed E-state index contributed by atoms with van der Waals surface area (Å²) in [6.45, 7) is 9.07. The number of hydrogen-bond donors (Lipinski definition) is 0. The Bertz CT molecular complexity index is 833. The Kier molecular flexibility index (Phi) is 4.69. The van der Waals surface area contributed by atoms with Crippen molar-refractivity contribution in [3.05, 3.63) is 40.3 Å². The molecular weight excluding hydrogens is 332 g/mol. The zero-order valence-electron chi connectivity index (χ0n) is 16.3. The number of fused-ring (bicyclic) bond motifs is 1. The molecule has 6 heteroatoms. The van der Waals surface area contributed by atoms with Crippen LogP contribution in [0.4, 0.5) is 0 Å². The van der Waals surface area contributed by atoms with Crippen LogP contribution in [0.15, 0.2) is 16.7 Å². The van der Waals surface area contributed by atoms with Gasteiger partial charge in [-0.2, -0.15) is 0 Å². The molecule has 1 aromatic carbocycles. The Morgan fingerprint density at radius 1 is 1.15 bits per heavy atom. The van der Waals surface area contributed by atoms with E-state index in [-0.39, 0.29) is 11.3 Å². The van der Waals surface area contributed by atoms with Gasteiger partial charge in [-0.1, -0.05) is 25.9 Å². The van der Waals surface area contributed by atoms with Gasteiger partial charge in [-0.05, 0) is 36.6 Å². The van der Waals surface area contributed by atoms with Gasteiger partial charge in [-0.15, -0.1) is 0 Å².